The number of likely N-dealkylation sites (tertiary alicyclic amines) is 1. The van der Waals surface area contributed by atoms with E-state index in [0.29, 0.717) is 16.9 Å². The molecular weight excluding hydrogens is 559 g/mol. The van der Waals surface area contributed by atoms with Crippen LogP contribution in [-0.4, -0.2) is 40.7 Å². The standard InChI is InChI=1S/C30H25F5N4O3/c31-29(32)9-11-39(12-10-29)28(41)20-5-3-19(4-6-20)21-13-22-14-23(42-27(22)24(15-21)30(33,34)35)17-38-26(40)8-2-18-1-7-25(36)37-16-18/h1-8,13-16H,9-12,17H2,(H2,36,37)(H,38,40). The Morgan fingerprint density at radius 2 is 1.74 bits per heavy atom. The van der Waals surface area contributed by atoms with E-state index in [2.05, 4.69) is 10.3 Å². The number of furan rings is 1. The molecule has 12 heteroatoms. The van der Waals surface area contributed by atoms with Crippen molar-refractivity contribution >= 4 is 34.7 Å². The van der Waals surface area contributed by atoms with Crippen molar-refractivity contribution in [2.45, 2.75) is 31.5 Å². The molecule has 7 nitrogen and oxygen atoms in total. The second kappa shape index (κ2) is 11.3. The smallest absolute Gasteiger partial charge is 0.420 e. The molecular formula is C30H25F5N4O3. The molecule has 2 amide bonds. The number of hydrogen-bond donors (Lipinski definition) is 2. The summed E-state index contributed by atoms with van der Waals surface area (Å²) < 4.78 is 74.4. The fourth-order valence-corrected chi connectivity index (χ4v) is 4.62. The number of nitrogens with zero attached hydrogens (tertiary/aromatic N) is 2. The highest BCUT2D eigenvalue weighted by molar-refractivity contribution is 5.95. The van der Waals surface area contributed by atoms with E-state index in [1.54, 1.807) is 12.1 Å². The van der Waals surface area contributed by atoms with Gasteiger partial charge >= 0.3 is 6.18 Å². The van der Waals surface area contributed by atoms with Crippen molar-refractivity contribution in [1.29, 1.82) is 0 Å². The van der Waals surface area contributed by atoms with Crippen LogP contribution < -0.4 is 11.1 Å². The number of nitrogens with one attached hydrogen (secondary N) is 1. The fraction of sp³-hybridized carbons (Fsp3) is 0.233. The Balaban J connectivity index is 1.33. The Bertz CT molecular complexity index is 1630. The van der Waals surface area contributed by atoms with Crippen LogP contribution in [0.5, 0.6) is 0 Å². The Kier molecular flexibility index (Phi) is 7.72. The number of carbonyl (C=O) groups is 2. The van der Waals surface area contributed by atoms with Crippen molar-refractivity contribution in [3.05, 3.63) is 89.3 Å². The molecule has 1 fully saturated rings. The van der Waals surface area contributed by atoms with E-state index in [1.165, 1.54) is 59.6 Å². The van der Waals surface area contributed by atoms with Gasteiger partial charge in [-0.05, 0) is 65.2 Å². The molecule has 1 aliphatic rings. The maximum absolute atomic E-state index is 14.0. The van der Waals surface area contributed by atoms with E-state index in [0.717, 1.165) is 6.07 Å². The summed E-state index contributed by atoms with van der Waals surface area (Å²) in [7, 11) is 0. The van der Waals surface area contributed by atoms with Crippen molar-refractivity contribution in [2.24, 2.45) is 0 Å². The SMILES string of the molecule is Nc1ccc(C=CC(=O)NCc2cc3cc(-c4ccc(C(=O)N5CCC(F)(F)CC5)cc4)cc(C(F)(F)F)c3o2)cn1. The lowest BCUT2D eigenvalue weighted by atomic mass is 9.98. The number of nitrogen functional groups attached to an aromatic ring is 1. The zero-order chi connectivity index (χ0) is 30.1. The Labute approximate surface area is 236 Å². The maximum atomic E-state index is 14.0. The van der Waals surface area contributed by atoms with Crippen LogP contribution in [0.4, 0.5) is 27.8 Å². The predicted octanol–water partition coefficient (Wildman–Crippen LogP) is 6.30. The van der Waals surface area contributed by atoms with E-state index in [9.17, 15) is 31.5 Å². The quantitative estimate of drug-likeness (QED) is 0.205. The molecule has 0 radical (unpaired) electrons. The molecule has 42 heavy (non-hydrogen) atoms. The third-order valence-electron chi connectivity index (χ3n) is 6.89. The van der Waals surface area contributed by atoms with Gasteiger partial charge in [0.15, 0.2) is 0 Å². The molecule has 3 N–H and O–H groups in total. The lowest BCUT2D eigenvalue weighted by Crippen LogP contribution is -2.42. The molecule has 0 spiro atoms. The van der Waals surface area contributed by atoms with Gasteiger partial charge in [-0.15, -0.1) is 0 Å². The largest absolute Gasteiger partial charge is 0.459 e. The van der Waals surface area contributed by atoms with E-state index in [4.69, 9.17) is 10.2 Å². The number of benzene rings is 2. The second-order valence-electron chi connectivity index (χ2n) is 9.95. The van der Waals surface area contributed by atoms with Gasteiger partial charge in [-0.25, -0.2) is 13.8 Å². The van der Waals surface area contributed by atoms with Crippen LogP contribution in [0.15, 0.2) is 71.3 Å². The number of halogens is 5. The highest BCUT2D eigenvalue weighted by Gasteiger charge is 2.36. The van der Waals surface area contributed by atoms with Gasteiger partial charge in [-0.1, -0.05) is 12.1 Å². The zero-order valence-electron chi connectivity index (χ0n) is 22.1. The molecule has 218 valence electrons. The van der Waals surface area contributed by atoms with Crippen LogP contribution >= 0.6 is 0 Å². The monoisotopic (exact) mass is 584 g/mol. The van der Waals surface area contributed by atoms with Gasteiger partial charge in [0.1, 0.15) is 17.2 Å². The Morgan fingerprint density at radius 1 is 1.02 bits per heavy atom. The number of rotatable bonds is 6. The predicted molar refractivity (Wildman–Crippen MR) is 146 cm³/mol. The molecule has 2 aromatic carbocycles. The van der Waals surface area contributed by atoms with E-state index in [-0.39, 0.29) is 47.5 Å². The van der Waals surface area contributed by atoms with Crippen LogP contribution in [0, 0.1) is 0 Å². The first kappa shape index (κ1) is 28.8. The number of hydrogen-bond acceptors (Lipinski definition) is 5. The third-order valence-corrected chi connectivity index (χ3v) is 6.89. The number of pyridine rings is 1. The number of nitrogens with two attached hydrogens (primary N) is 1. The summed E-state index contributed by atoms with van der Waals surface area (Å²) in [4.78, 5) is 30.2. The minimum atomic E-state index is -4.73. The maximum Gasteiger partial charge on any atom is 0.420 e. The second-order valence-corrected chi connectivity index (χ2v) is 9.95. The zero-order valence-corrected chi connectivity index (χ0v) is 22.1. The molecule has 5 rings (SSSR count). The molecule has 2 aromatic heterocycles. The molecule has 1 aliphatic heterocycles. The Morgan fingerprint density at radius 3 is 2.38 bits per heavy atom. The summed E-state index contributed by atoms with van der Waals surface area (Å²) in [5, 5.41) is 2.75. The van der Waals surface area contributed by atoms with E-state index >= 15 is 0 Å². The minimum absolute atomic E-state index is 0.0706. The van der Waals surface area contributed by atoms with Gasteiger partial charge in [0.05, 0.1) is 12.1 Å². The number of fused-ring (bicyclic) bond motifs is 1. The summed E-state index contributed by atoms with van der Waals surface area (Å²) in [6.07, 6.45) is -1.30. The molecule has 0 saturated carbocycles. The van der Waals surface area contributed by atoms with Crippen LogP contribution in [-0.2, 0) is 17.5 Å². The molecule has 3 heterocycles. The molecule has 4 aromatic rings. The normalized spacial score (nSPS) is 15.3. The summed E-state index contributed by atoms with van der Waals surface area (Å²) in [5.41, 5.74) is 5.72. The Hall–Kier alpha value is -4.74. The van der Waals surface area contributed by atoms with Crippen LogP contribution in [0.3, 0.4) is 0 Å². The van der Waals surface area contributed by atoms with Gasteiger partial charge in [0.2, 0.25) is 5.91 Å². The van der Waals surface area contributed by atoms with E-state index in [1.807, 2.05) is 0 Å². The van der Waals surface area contributed by atoms with E-state index < -0.39 is 42.3 Å². The highest BCUT2D eigenvalue weighted by atomic mass is 19.4. The summed E-state index contributed by atoms with van der Waals surface area (Å²) in [6.45, 7) is -0.290. The number of alkyl halides is 5. The molecule has 1 saturated heterocycles. The van der Waals surface area contributed by atoms with Gasteiger partial charge < -0.3 is 20.4 Å². The lowest BCUT2D eigenvalue weighted by Gasteiger charge is -2.31. The van der Waals surface area contributed by atoms with Gasteiger partial charge in [0.25, 0.3) is 11.8 Å². The van der Waals surface area contributed by atoms with Crippen molar-refractivity contribution < 1.29 is 36.0 Å². The van der Waals surface area contributed by atoms with Crippen LogP contribution in [0.25, 0.3) is 28.2 Å². The minimum Gasteiger partial charge on any atom is -0.459 e. The summed E-state index contributed by atoms with van der Waals surface area (Å²) in [6, 6.07) is 13.1. The summed E-state index contributed by atoms with van der Waals surface area (Å²) >= 11 is 0. The third kappa shape index (κ3) is 6.59. The summed E-state index contributed by atoms with van der Waals surface area (Å²) in [5.74, 6) is -3.24. The fourth-order valence-electron chi connectivity index (χ4n) is 4.62. The highest BCUT2D eigenvalue weighted by Crippen LogP contribution is 2.39. The molecule has 0 atom stereocenters. The van der Waals surface area contributed by atoms with Crippen molar-refractivity contribution in [2.75, 3.05) is 18.8 Å². The molecule has 0 aliphatic carbocycles. The van der Waals surface area contributed by atoms with Crippen molar-refractivity contribution in [1.82, 2.24) is 15.2 Å². The average molecular weight is 585 g/mol. The number of amides is 2. The van der Waals surface area contributed by atoms with Gasteiger partial charge in [-0.3, -0.25) is 9.59 Å². The molecule has 0 bridgehead atoms. The van der Waals surface area contributed by atoms with Crippen molar-refractivity contribution in [3.63, 3.8) is 0 Å². The first-order valence-electron chi connectivity index (χ1n) is 13.0. The number of piperidine rings is 1. The number of aromatic nitrogens is 1. The molecule has 0 unspecified atom stereocenters. The van der Waals surface area contributed by atoms with Gasteiger partial charge in [0, 0.05) is 49.2 Å². The van der Waals surface area contributed by atoms with Crippen molar-refractivity contribution in [3.8, 4) is 11.1 Å². The topological polar surface area (TPSA) is 101 Å². The van der Waals surface area contributed by atoms with Gasteiger partial charge in [-0.2, -0.15) is 13.2 Å². The lowest BCUT2D eigenvalue weighted by molar-refractivity contribution is -0.136. The number of carbonyl (C=O) groups excluding carboxylic acids is 2. The first-order chi connectivity index (χ1) is 19.9. The van der Waals surface area contributed by atoms with Crippen LogP contribution in [0.2, 0.25) is 0 Å². The van der Waals surface area contributed by atoms with Crippen LogP contribution in [0.1, 0.15) is 40.1 Å². The average Bonchev–Trinajstić information content (AvgIpc) is 3.37. The first-order valence-corrected chi connectivity index (χ1v) is 13.0. The number of anilines is 1.